The van der Waals surface area contributed by atoms with Crippen LogP contribution in [-0.4, -0.2) is 40.2 Å². The van der Waals surface area contributed by atoms with Crippen LogP contribution in [0.2, 0.25) is 0 Å². The Morgan fingerprint density at radius 2 is 2.06 bits per heavy atom. The zero-order chi connectivity index (χ0) is 23.4. The Morgan fingerprint density at radius 1 is 1.31 bits per heavy atom. The smallest absolute Gasteiger partial charge is 0.344 e. The first-order valence-electron chi connectivity index (χ1n) is 9.77. The summed E-state index contributed by atoms with van der Waals surface area (Å²) >= 11 is 6.78. The Hall–Kier alpha value is -2.72. The Balaban J connectivity index is 2.06. The van der Waals surface area contributed by atoms with E-state index < -0.39 is 12.1 Å². The molecule has 3 rings (SSSR count). The van der Waals surface area contributed by atoms with E-state index in [0.29, 0.717) is 38.9 Å². The van der Waals surface area contributed by atoms with E-state index in [1.54, 1.807) is 24.3 Å². The van der Waals surface area contributed by atoms with Crippen LogP contribution in [-0.2, 0) is 11.2 Å². The molecule has 0 spiro atoms. The molecule has 0 aliphatic heterocycles. The summed E-state index contributed by atoms with van der Waals surface area (Å²) in [6.45, 7) is 3.43. The molecule has 0 unspecified atom stereocenters. The Labute approximate surface area is 201 Å². The van der Waals surface area contributed by atoms with Crippen LogP contribution in [0.3, 0.4) is 0 Å². The molecule has 0 bridgehead atoms. The van der Waals surface area contributed by atoms with Gasteiger partial charge in [0.2, 0.25) is 0 Å². The van der Waals surface area contributed by atoms with Gasteiger partial charge in [-0.25, -0.2) is 9.78 Å². The fraction of sp³-hybridized carbons (Fsp3) is 0.273. The largest absolute Gasteiger partial charge is 0.493 e. The summed E-state index contributed by atoms with van der Waals surface area (Å²) in [4.78, 5) is 28.8. The van der Waals surface area contributed by atoms with Gasteiger partial charge in [-0.15, -0.1) is 0 Å². The third-order valence-corrected chi connectivity index (χ3v) is 5.65. The van der Waals surface area contributed by atoms with Crippen LogP contribution in [0.5, 0.6) is 11.5 Å². The van der Waals surface area contributed by atoms with Gasteiger partial charge in [-0.1, -0.05) is 22.9 Å². The average Bonchev–Trinajstić information content (AvgIpc) is 2.75. The summed E-state index contributed by atoms with van der Waals surface area (Å²) in [5.41, 5.74) is 0.969. The highest BCUT2D eigenvalue weighted by Crippen LogP contribution is 2.37. The van der Waals surface area contributed by atoms with Crippen LogP contribution >= 0.6 is 31.9 Å². The maximum absolute atomic E-state index is 13.1. The number of aryl methyl sites for hydroxylation is 1. The topological polar surface area (TPSA) is 103 Å². The fourth-order valence-electron chi connectivity index (χ4n) is 2.98. The molecule has 0 saturated carbocycles. The molecule has 0 saturated heterocycles. The predicted octanol–water partition coefficient (Wildman–Crippen LogP) is 4.62. The molecule has 0 radical (unpaired) electrons. The van der Waals surface area contributed by atoms with Gasteiger partial charge >= 0.3 is 5.97 Å². The molecule has 32 heavy (non-hydrogen) atoms. The molecular formula is C22H21Br2N3O5. The molecule has 1 N–H and O–H groups in total. The van der Waals surface area contributed by atoms with Crippen molar-refractivity contribution in [2.75, 3.05) is 7.11 Å². The lowest BCUT2D eigenvalue weighted by Gasteiger charge is -2.16. The van der Waals surface area contributed by atoms with Crippen molar-refractivity contribution in [3.05, 3.63) is 61.0 Å². The summed E-state index contributed by atoms with van der Waals surface area (Å²) in [5.74, 6) is 0.0592. The van der Waals surface area contributed by atoms with E-state index in [1.165, 1.54) is 24.9 Å². The number of aromatic nitrogens is 2. The molecule has 1 heterocycles. The van der Waals surface area contributed by atoms with Crippen molar-refractivity contribution in [1.82, 2.24) is 9.66 Å². The number of benzene rings is 2. The first-order valence-corrected chi connectivity index (χ1v) is 11.4. The van der Waals surface area contributed by atoms with E-state index in [-0.39, 0.29) is 11.3 Å². The van der Waals surface area contributed by atoms with Crippen molar-refractivity contribution < 1.29 is 19.4 Å². The summed E-state index contributed by atoms with van der Waals surface area (Å²) in [7, 11) is 1.45. The van der Waals surface area contributed by atoms with E-state index in [4.69, 9.17) is 14.6 Å². The van der Waals surface area contributed by atoms with Gasteiger partial charge in [0.15, 0.2) is 17.6 Å². The molecule has 0 aliphatic carbocycles. The second-order valence-corrected chi connectivity index (χ2v) is 8.70. The maximum Gasteiger partial charge on any atom is 0.344 e. The minimum absolute atomic E-state index is 0.264. The number of carboxylic acids is 1. The molecule has 168 valence electrons. The summed E-state index contributed by atoms with van der Waals surface area (Å²) in [6.07, 6.45) is 1.85. The number of rotatable bonds is 8. The number of hydrogen-bond donors (Lipinski definition) is 1. The van der Waals surface area contributed by atoms with E-state index >= 15 is 0 Å². The SMILES string of the molecule is CCCc1nc2ccc(Br)cc2c(=O)n1N=Cc1cc(Br)c(O[C@@H](C)C(=O)O)c(OC)c1. The van der Waals surface area contributed by atoms with Gasteiger partial charge in [0.25, 0.3) is 5.56 Å². The van der Waals surface area contributed by atoms with E-state index in [1.807, 2.05) is 13.0 Å². The highest BCUT2D eigenvalue weighted by molar-refractivity contribution is 9.10. The maximum atomic E-state index is 13.1. The average molecular weight is 567 g/mol. The number of carboxylic acid groups (broad SMARTS) is 1. The van der Waals surface area contributed by atoms with Crippen molar-refractivity contribution in [2.24, 2.45) is 5.10 Å². The van der Waals surface area contributed by atoms with Crippen LogP contribution in [0.15, 0.2) is 49.2 Å². The second-order valence-electron chi connectivity index (χ2n) is 6.93. The Bertz CT molecular complexity index is 1260. The van der Waals surface area contributed by atoms with Gasteiger partial charge in [0.05, 0.1) is 28.7 Å². The lowest BCUT2D eigenvalue weighted by Crippen LogP contribution is -2.23. The number of carbonyl (C=O) groups is 1. The van der Waals surface area contributed by atoms with E-state index in [0.717, 1.165) is 10.9 Å². The second kappa shape index (κ2) is 10.3. The van der Waals surface area contributed by atoms with Gasteiger partial charge in [-0.2, -0.15) is 9.78 Å². The molecule has 3 aromatic rings. The van der Waals surface area contributed by atoms with E-state index in [2.05, 4.69) is 41.9 Å². The summed E-state index contributed by atoms with van der Waals surface area (Å²) in [5, 5.41) is 14.0. The number of halogens is 2. The standard InChI is InChI=1S/C22H21Br2N3O5/c1-4-5-19-26-17-7-6-14(23)10-15(17)21(28)27(19)25-11-13-8-16(24)20(18(9-13)31-3)32-12(2)22(29)30/h6-12H,4-5H2,1-3H3,(H,29,30)/t12-/m0/s1. The van der Waals surface area contributed by atoms with Gasteiger partial charge in [-0.3, -0.25) is 4.79 Å². The number of methoxy groups -OCH3 is 1. The first-order chi connectivity index (χ1) is 15.2. The van der Waals surface area contributed by atoms with Crippen molar-refractivity contribution >= 4 is 54.9 Å². The fourth-order valence-corrected chi connectivity index (χ4v) is 3.89. The number of fused-ring (bicyclic) bond motifs is 1. The lowest BCUT2D eigenvalue weighted by molar-refractivity contribution is -0.144. The monoisotopic (exact) mass is 565 g/mol. The van der Waals surface area contributed by atoms with Crippen LogP contribution in [0, 0.1) is 0 Å². The van der Waals surface area contributed by atoms with Crippen LogP contribution in [0.4, 0.5) is 0 Å². The molecule has 0 fully saturated rings. The van der Waals surface area contributed by atoms with Crippen molar-refractivity contribution in [3.8, 4) is 11.5 Å². The van der Waals surface area contributed by atoms with Crippen LogP contribution in [0.25, 0.3) is 10.9 Å². The van der Waals surface area contributed by atoms with Gasteiger partial charge < -0.3 is 14.6 Å². The van der Waals surface area contributed by atoms with Gasteiger partial charge in [0.1, 0.15) is 5.82 Å². The molecule has 1 aromatic heterocycles. The molecule has 10 heteroatoms. The molecular weight excluding hydrogens is 546 g/mol. The third-order valence-electron chi connectivity index (χ3n) is 4.57. The molecule has 8 nitrogen and oxygen atoms in total. The number of ether oxygens (including phenoxy) is 2. The normalized spacial score (nSPS) is 12.3. The zero-order valence-electron chi connectivity index (χ0n) is 17.6. The number of hydrogen-bond acceptors (Lipinski definition) is 6. The predicted molar refractivity (Wildman–Crippen MR) is 129 cm³/mol. The summed E-state index contributed by atoms with van der Waals surface area (Å²) in [6, 6.07) is 8.71. The highest BCUT2D eigenvalue weighted by Gasteiger charge is 2.19. The van der Waals surface area contributed by atoms with Gasteiger partial charge in [-0.05, 0) is 65.2 Å². The zero-order valence-corrected chi connectivity index (χ0v) is 20.8. The quantitative estimate of drug-likeness (QED) is 0.399. The highest BCUT2D eigenvalue weighted by atomic mass is 79.9. The molecule has 0 amide bonds. The van der Waals surface area contributed by atoms with Crippen molar-refractivity contribution in [2.45, 2.75) is 32.8 Å². The van der Waals surface area contributed by atoms with E-state index in [9.17, 15) is 9.59 Å². The first kappa shape index (κ1) is 23.9. The Morgan fingerprint density at radius 3 is 2.72 bits per heavy atom. The molecule has 2 aromatic carbocycles. The minimum atomic E-state index is -1.09. The number of nitrogens with zero attached hydrogens (tertiary/aromatic N) is 3. The lowest BCUT2D eigenvalue weighted by atomic mass is 10.2. The van der Waals surface area contributed by atoms with Crippen LogP contribution < -0.4 is 15.0 Å². The van der Waals surface area contributed by atoms with Crippen molar-refractivity contribution in [3.63, 3.8) is 0 Å². The molecule has 1 atom stereocenters. The van der Waals surface area contributed by atoms with Gasteiger partial charge in [0, 0.05) is 10.9 Å². The number of aliphatic carboxylic acids is 1. The molecule has 0 aliphatic rings. The van der Waals surface area contributed by atoms with Crippen LogP contribution in [0.1, 0.15) is 31.7 Å². The third kappa shape index (κ3) is 5.18. The van der Waals surface area contributed by atoms with Crippen molar-refractivity contribution in [1.29, 1.82) is 0 Å². The summed E-state index contributed by atoms with van der Waals surface area (Å²) < 4.78 is 13.4. The Kier molecular flexibility index (Phi) is 7.68. The minimum Gasteiger partial charge on any atom is -0.493 e.